The van der Waals surface area contributed by atoms with Gasteiger partial charge in [0.05, 0.1) is 5.69 Å². The zero-order valence-electron chi connectivity index (χ0n) is 12.8. The van der Waals surface area contributed by atoms with E-state index in [0.29, 0.717) is 11.3 Å². The van der Waals surface area contributed by atoms with Crippen LogP contribution in [0.4, 0.5) is 4.39 Å². The van der Waals surface area contributed by atoms with Gasteiger partial charge in [-0.15, -0.1) is 0 Å². The van der Waals surface area contributed by atoms with E-state index >= 15 is 0 Å². The van der Waals surface area contributed by atoms with Gasteiger partial charge in [0.15, 0.2) is 11.6 Å². The van der Waals surface area contributed by atoms with Crippen LogP contribution in [0.2, 0.25) is 0 Å². The summed E-state index contributed by atoms with van der Waals surface area (Å²) in [5.74, 6) is -0.628. The van der Waals surface area contributed by atoms with Crippen LogP contribution in [-0.2, 0) is 13.6 Å². The number of carbonyl (C=O) groups is 1. The molecule has 7 heteroatoms. The van der Waals surface area contributed by atoms with Crippen LogP contribution in [0.15, 0.2) is 35.3 Å². The van der Waals surface area contributed by atoms with Crippen molar-refractivity contribution in [2.24, 2.45) is 7.05 Å². The number of rotatable bonds is 6. The Morgan fingerprint density at radius 2 is 2.30 bits per heavy atom. The van der Waals surface area contributed by atoms with E-state index < -0.39 is 5.82 Å². The van der Waals surface area contributed by atoms with E-state index in [9.17, 15) is 9.18 Å². The second kappa shape index (κ2) is 7.92. The number of halogens is 2. The number of nitrogens with one attached hydrogen (secondary N) is 1. The van der Waals surface area contributed by atoms with Crippen molar-refractivity contribution in [1.82, 2.24) is 15.1 Å². The summed E-state index contributed by atoms with van der Waals surface area (Å²) in [7, 11) is 1.69. The highest BCUT2D eigenvalue weighted by atomic mass is 79.9. The number of carbonyl (C=O) groups excluding carboxylic acids is 1. The quantitative estimate of drug-likeness (QED) is 0.836. The summed E-state index contributed by atoms with van der Waals surface area (Å²) in [5.41, 5.74) is 1.54. The van der Waals surface area contributed by atoms with Crippen molar-refractivity contribution in [1.29, 1.82) is 0 Å². The molecular weight excluding hydrogens is 365 g/mol. The lowest BCUT2D eigenvalue weighted by molar-refractivity contribution is 0.0941. The maximum absolute atomic E-state index is 14.3. The van der Waals surface area contributed by atoms with Crippen molar-refractivity contribution < 1.29 is 13.9 Å². The molecular formula is C16H17BrFN3O2. The molecule has 1 aromatic heterocycles. The van der Waals surface area contributed by atoms with Crippen molar-refractivity contribution in [3.05, 3.63) is 58.1 Å². The summed E-state index contributed by atoms with van der Waals surface area (Å²) in [6, 6.07) is 6.52. The molecule has 2 aromatic rings. The smallest absolute Gasteiger partial charge is 0.269 e. The monoisotopic (exact) mass is 381 g/mol. The highest BCUT2D eigenvalue weighted by Crippen LogP contribution is 2.20. The van der Waals surface area contributed by atoms with Crippen LogP contribution in [0.25, 0.3) is 0 Å². The third-order valence-corrected chi connectivity index (χ3v) is 3.52. The molecule has 0 aliphatic carbocycles. The zero-order valence-corrected chi connectivity index (χ0v) is 14.4. The van der Waals surface area contributed by atoms with Crippen molar-refractivity contribution in [3.8, 4) is 5.75 Å². The molecule has 2 rings (SSSR count). The van der Waals surface area contributed by atoms with Gasteiger partial charge in [-0.05, 0) is 30.1 Å². The summed E-state index contributed by atoms with van der Waals surface area (Å²) in [6.45, 7) is 2.13. The average molecular weight is 382 g/mol. The van der Waals surface area contributed by atoms with Crippen molar-refractivity contribution in [2.75, 3.05) is 6.61 Å². The first-order valence-corrected chi connectivity index (χ1v) is 7.88. The SMILES string of the molecule is Cc1cc(C(=O)NCc2cccc(OCC=CBr)c2F)n(C)n1. The van der Waals surface area contributed by atoms with E-state index in [2.05, 4.69) is 26.3 Å². The molecule has 1 aromatic carbocycles. The number of amides is 1. The van der Waals surface area contributed by atoms with E-state index in [1.54, 1.807) is 49.3 Å². The van der Waals surface area contributed by atoms with Crippen LogP contribution in [0.5, 0.6) is 5.75 Å². The number of aromatic nitrogens is 2. The Hall–Kier alpha value is -2.15. The maximum atomic E-state index is 14.3. The fraction of sp³-hybridized carbons (Fsp3) is 0.250. The highest BCUT2D eigenvalue weighted by molar-refractivity contribution is 9.11. The molecule has 0 saturated carbocycles. The summed E-state index contributed by atoms with van der Waals surface area (Å²) < 4.78 is 21.1. The molecule has 122 valence electrons. The van der Waals surface area contributed by atoms with E-state index in [-0.39, 0.29) is 24.8 Å². The molecule has 5 nitrogen and oxygen atoms in total. The van der Waals surface area contributed by atoms with E-state index in [4.69, 9.17) is 4.74 Å². The van der Waals surface area contributed by atoms with Crippen molar-refractivity contribution in [3.63, 3.8) is 0 Å². The Bertz CT molecular complexity index is 728. The lowest BCUT2D eigenvalue weighted by Crippen LogP contribution is -2.25. The predicted molar refractivity (Wildman–Crippen MR) is 89.1 cm³/mol. The minimum atomic E-state index is -0.475. The lowest BCUT2D eigenvalue weighted by Gasteiger charge is -2.10. The number of aryl methyl sites for hydroxylation is 2. The van der Waals surface area contributed by atoms with Gasteiger partial charge in [0.2, 0.25) is 0 Å². The van der Waals surface area contributed by atoms with Crippen LogP contribution in [0.1, 0.15) is 21.7 Å². The summed E-state index contributed by atoms with van der Waals surface area (Å²) in [4.78, 5) is 13.8. The number of ether oxygens (including phenoxy) is 1. The number of hydrogen-bond acceptors (Lipinski definition) is 3. The van der Waals surface area contributed by atoms with Gasteiger partial charge in [-0.2, -0.15) is 5.10 Å². The predicted octanol–water partition coefficient (Wildman–Crippen LogP) is 3.09. The summed E-state index contributed by atoms with van der Waals surface area (Å²) in [6.07, 6.45) is 1.71. The number of hydrogen-bond donors (Lipinski definition) is 1. The van der Waals surface area contributed by atoms with Gasteiger partial charge in [0.1, 0.15) is 12.3 Å². The standard InChI is InChI=1S/C16H17BrFN3O2/c1-11-9-13(21(2)20-11)16(22)19-10-12-5-3-6-14(15(12)18)23-8-4-7-17/h3-7,9H,8,10H2,1-2H3,(H,19,22). The van der Waals surface area contributed by atoms with Gasteiger partial charge in [0.25, 0.3) is 5.91 Å². The fourth-order valence-electron chi connectivity index (χ4n) is 2.07. The second-order valence-corrected chi connectivity index (χ2v) is 5.41. The fourth-order valence-corrected chi connectivity index (χ4v) is 2.22. The van der Waals surface area contributed by atoms with Gasteiger partial charge in [0, 0.05) is 19.2 Å². The maximum Gasteiger partial charge on any atom is 0.269 e. The first-order valence-electron chi connectivity index (χ1n) is 6.97. The Morgan fingerprint density at radius 3 is 2.96 bits per heavy atom. The second-order valence-electron chi connectivity index (χ2n) is 4.88. The zero-order chi connectivity index (χ0) is 16.8. The average Bonchev–Trinajstić information content (AvgIpc) is 2.86. The molecule has 23 heavy (non-hydrogen) atoms. The molecule has 1 N–H and O–H groups in total. The van der Waals surface area contributed by atoms with E-state index in [1.165, 1.54) is 4.68 Å². The molecule has 0 saturated heterocycles. The summed E-state index contributed by atoms with van der Waals surface area (Å²) in [5, 5.41) is 6.80. The third-order valence-electron chi connectivity index (χ3n) is 3.14. The topological polar surface area (TPSA) is 56.1 Å². The number of benzene rings is 1. The molecule has 0 unspecified atom stereocenters. The first kappa shape index (κ1) is 17.2. The van der Waals surface area contributed by atoms with Crippen molar-refractivity contribution in [2.45, 2.75) is 13.5 Å². The Morgan fingerprint density at radius 1 is 1.52 bits per heavy atom. The summed E-state index contributed by atoms with van der Waals surface area (Å²) >= 11 is 3.12. The van der Waals surface area contributed by atoms with Crippen LogP contribution in [-0.4, -0.2) is 22.3 Å². The molecule has 0 spiro atoms. The molecule has 0 aliphatic heterocycles. The molecule has 0 bridgehead atoms. The Balaban J connectivity index is 2.04. The van der Waals surface area contributed by atoms with Gasteiger partial charge < -0.3 is 10.1 Å². The third kappa shape index (κ3) is 4.41. The van der Waals surface area contributed by atoms with Gasteiger partial charge in [-0.25, -0.2) is 4.39 Å². The van der Waals surface area contributed by atoms with Crippen LogP contribution >= 0.6 is 15.9 Å². The minimum absolute atomic E-state index is 0.0698. The van der Waals surface area contributed by atoms with Crippen molar-refractivity contribution >= 4 is 21.8 Å². The molecule has 0 fully saturated rings. The first-order chi connectivity index (χ1) is 11.0. The normalized spacial score (nSPS) is 11.0. The Kier molecular flexibility index (Phi) is 5.92. The van der Waals surface area contributed by atoms with Gasteiger partial charge in [-0.3, -0.25) is 9.48 Å². The molecule has 0 radical (unpaired) electrons. The Labute approximate surface area is 142 Å². The highest BCUT2D eigenvalue weighted by Gasteiger charge is 2.14. The largest absolute Gasteiger partial charge is 0.486 e. The molecule has 1 heterocycles. The molecule has 0 atom stereocenters. The number of nitrogens with zero attached hydrogens (tertiary/aromatic N) is 2. The van der Waals surface area contributed by atoms with Gasteiger partial charge in [-0.1, -0.05) is 28.1 Å². The van der Waals surface area contributed by atoms with Gasteiger partial charge >= 0.3 is 0 Å². The van der Waals surface area contributed by atoms with E-state index in [0.717, 1.165) is 5.69 Å². The van der Waals surface area contributed by atoms with Crippen LogP contribution in [0, 0.1) is 12.7 Å². The minimum Gasteiger partial charge on any atom is -0.486 e. The van der Waals surface area contributed by atoms with Crippen LogP contribution < -0.4 is 10.1 Å². The molecule has 1 amide bonds. The van der Waals surface area contributed by atoms with E-state index in [1.807, 2.05) is 0 Å². The van der Waals surface area contributed by atoms with Crippen LogP contribution in [0.3, 0.4) is 0 Å². The molecule has 0 aliphatic rings. The lowest BCUT2D eigenvalue weighted by atomic mass is 10.2.